The maximum Gasteiger partial charge on any atom is 0.408 e. The molecule has 0 fully saturated rings. The van der Waals surface area contributed by atoms with E-state index in [1.807, 2.05) is 84.9 Å². The monoisotopic (exact) mass is 615 g/mol. The molecule has 3 amide bonds. The molecule has 3 aromatic carbocycles. The van der Waals surface area contributed by atoms with E-state index in [9.17, 15) is 19.5 Å². The SMILES string of the molecule is CCC(C)(C)N(C(=O)C(Cc1ccc(O)cc1)NC(=O)OC(C)(C)C)C(C(=O)Nc1c(C)cccc1C)c1cc(C)cc(C)c1. The molecule has 3 aromatic rings. The van der Waals surface area contributed by atoms with E-state index in [1.165, 1.54) is 12.1 Å². The summed E-state index contributed by atoms with van der Waals surface area (Å²) in [6, 6.07) is 16.1. The number of aromatic hydroxyl groups is 1. The summed E-state index contributed by atoms with van der Waals surface area (Å²) in [5, 5.41) is 15.8. The van der Waals surface area contributed by atoms with Crippen molar-refractivity contribution in [2.24, 2.45) is 0 Å². The Morgan fingerprint density at radius 3 is 1.93 bits per heavy atom. The van der Waals surface area contributed by atoms with Crippen LogP contribution in [0.3, 0.4) is 0 Å². The second kappa shape index (κ2) is 14.2. The number of nitrogens with zero attached hydrogens (tertiary/aromatic N) is 1. The quantitative estimate of drug-likeness (QED) is 0.219. The van der Waals surface area contributed by atoms with Gasteiger partial charge in [-0.1, -0.05) is 66.6 Å². The molecule has 0 radical (unpaired) electrons. The fourth-order valence-electron chi connectivity index (χ4n) is 5.42. The van der Waals surface area contributed by atoms with Gasteiger partial charge >= 0.3 is 6.09 Å². The van der Waals surface area contributed by atoms with Gasteiger partial charge in [-0.15, -0.1) is 0 Å². The van der Waals surface area contributed by atoms with Crippen LogP contribution in [0.2, 0.25) is 0 Å². The minimum Gasteiger partial charge on any atom is -0.508 e. The van der Waals surface area contributed by atoms with Crippen LogP contribution < -0.4 is 10.6 Å². The first kappa shape index (κ1) is 35.2. The fourth-order valence-corrected chi connectivity index (χ4v) is 5.42. The summed E-state index contributed by atoms with van der Waals surface area (Å²) in [5.74, 6) is -0.692. The Balaban J connectivity index is 2.21. The van der Waals surface area contributed by atoms with Gasteiger partial charge in [-0.3, -0.25) is 9.59 Å². The summed E-state index contributed by atoms with van der Waals surface area (Å²) in [7, 11) is 0. The zero-order valence-electron chi connectivity index (χ0n) is 28.4. The maximum absolute atomic E-state index is 14.9. The number of aryl methyl sites for hydroxylation is 4. The Morgan fingerprint density at radius 1 is 0.867 bits per heavy atom. The Labute approximate surface area is 268 Å². The lowest BCUT2D eigenvalue weighted by atomic mass is 9.90. The summed E-state index contributed by atoms with van der Waals surface area (Å²) in [6.07, 6.45) is -0.0845. The minimum atomic E-state index is -1.07. The fraction of sp³-hybridized carbons (Fsp3) is 0.432. The maximum atomic E-state index is 14.9. The Bertz CT molecular complexity index is 1480. The number of ether oxygens (including phenoxy) is 1. The number of para-hydroxylation sites is 1. The number of phenols is 1. The molecule has 0 saturated heterocycles. The molecule has 8 nitrogen and oxygen atoms in total. The second-order valence-corrected chi connectivity index (χ2v) is 13.5. The van der Waals surface area contributed by atoms with E-state index in [2.05, 4.69) is 10.6 Å². The molecule has 3 rings (SSSR count). The van der Waals surface area contributed by atoms with Crippen molar-refractivity contribution < 1.29 is 24.2 Å². The first-order valence-electron chi connectivity index (χ1n) is 15.5. The molecule has 0 aliphatic carbocycles. The first-order chi connectivity index (χ1) is 20.9. The predicted molar refractivity (Wildman–Crippen MR) is 179 cm³/mol. The average molecular weight is 616 g/mol. The Kier molecular flexibility index (Phi) is 11.1. The number of anilines is 1. The molecule has 3 N–H and O–H groups in total. The summed E-state index contributed by atoms with van der Waals surface area (Å²) in [4.78, 5) is 44.2. The van der Waals surface area contributed by atoms with Crippen molar-refractivity contribution in [1.29, 1.82) is 0 Å². The van der Waals surface area contributed by atoms with E-state index in [4.69, 9.17) is 4.74 Å². The van der Waals surface area contributed by atoms with Gasteiger partial charge in [0.25, 0.3) is 5.91 Å². The van der Waals surface area contributed by atoms with Crippen LogP contribution >= 0.6 is 0 Å². The van der Waals surface area contributed by atoms with E-state index in [0.717, 1.165) is 27.8 Å². The molecule has 0 spiro atoms. The lowest BCUT2D eigenvalue weighted by molar-refractivity contribution is -0.147. The Hall–Kier alpha value is -4.33. The molecule has 242 valence electrons. The van der Waals surface area contributed by atoms with Gasteiger partial charge in [0.1, 0.15) is 23.4 Å². The van der Waals surface area contributed by atoms with Crippen LogP contribution in [0.25, 0.3) is 0 Å². The number of alkyl carbamates (subject to hydrolysis) is 1. The van der Waals surface area contributed by atoms with E-state index < -0.39 is 35.2 Å². The molecule has 0 heterocycles. The number of phenolic OH excluding ortho intramolecular Hbond substituents is 1. The van der Waals surface area contributed by atoms with Crippen LogP contribution in [0.15, 0.2) is 60.7 Å². The zero-order valence-corrected chi connectivity index (χ0v) is 28.4. The molecule has 0 aromatic heterocycles. The van der Waals surface area contributed by atoms with Crippen molar-refractivity contribution >= 4 is 23.6 Å². The topological polar surface area (TPSA) is 108 Å². The molecule has 0 bridgehead atoms. The number of carbonyl (C=O) groups excluding carboxylic acids is 3. The molecule has 8 heteroatoms. The normalized spacial score (nSPS) is 13.0. The number of carbonyl (C=O) groups is 3. The van der Waals surface area contributed by atoms with Crippen LogP contribution in [0.1, 0.15) is 87.4 Å². The highest BCUT2D eigenvalue weighted by molar-refractivity contribution is 6.00. The van der Waals surface area contributed by atoms with Crippen LogP contribution in [-0.2, 0) is 20.7 Å². The van der Waals surface area contributed by atoms with Gasteiger partial charge < -0.3 is 25.4 Å². The summed E-state index contributed by atoms with van der Waals surface area (Å²) in [5.41, 5.74) is 4.25. The summed E-state index contributed by atoms with van der Waals surface area (Å²) >= 11 is 0. The Morgan fingerprint density at radius 2 is 1.42 bits per heavy atom. The van der Waals surface area contributed by atoms with Crippen LogP contribution in [-0.4, -0.2) is 45.1 Å². The summed E-state index contributed by atoms with van der Waals surface area (Å²) in [6.45, 7) is 18.9. The van der Waals surface area contributed by atoms with Gasteiger partial charge in [0, 0.05) is 17.6 Å². The van der Waals surface area contributed by atoms with Crippen molar-refractivity contribution in [2.45, 2.75) is 105 Å². The van der Waals surface area contributed by atoms with E-state index in [-0.39, 0.29) is 18.1 Å². The van der Waals surface area contributed by atoms with Crippen molar-refractivity contribution in [3.8, 4) is 5.75 Å². The molecule has 0 saturated carbocycles. The number of hydrogen-bond acceptors (Lipinski definition) is 5. The molecule has 2 unspecified atom stereocenters. The van der Waals surface area contributed by atoms with Crippen molar-refractivity contribution in [2.75, 3.05) is 5.32 Å². The van der Waals surface area contributed by atoms with Crippen LogP contribution in [0, 0.1) is 27.7 Å². The number of nitrogens with one attached hydrogen (secondary N) is 2. The molecule has 0 aliphatic rings. The first-order valence-corrected chi connectivity index (χ1v) is 15.5. The lowest BCUT2D eigenvalue weighted by Crippen LogP contribution is -2.59. The smallest absolute Gasteiger partial charge is 0.408 e. The molecule has 2 atom stereocenters. The van der Waals surface area contributed by atoms with Gasteiger partial charge in [-0.25, -0.2) is 4.79 Å². The van der Waals surface area contributed by atoms with E-state index in [1.54, 1.807) is 37.8 Å². The average Bonchev–Trinajstić information content (AvgIpc) is 2.92. The van der Waals surface area contributed by atoms with Gasteiger partial charge in [-0.05, 0) is 103 Å². The zero-order chi connectivity index (χ0) is 33.7. The van der Waals surface area contributed by atoms with E-state index >= 15 is 0 Å². The van der Waals surface area contributed by atoms with E-state index in [0.29, 0.717) is 17.7 Å². The highest BCUT2D eigenvalue weighted by Gasteiger charge is 2.43. The largest absolute Gasteiger partial charge is 0.508 e. The minimum absolute atomic E-state index is 0.0912. The molecular formula is C37H49N3O5. The molecule has 0 aliphatic heterocycles. The third-order valence-electron chi connectivity index (χ3n) is 7.92. The number of amides is 3. The second-order valence-electron chi connectivity index (χ2n) is 13.5. The molecular weight excluding hydrogens is 566 g/mol. The number of rotatable bonds is 10. The highest BCUT2D eigenvalue weighted by Crippen LogP contribution is 2.35. The third-order valence-corrected chi connectivity index (χ3v) is 7.92. The number of benzene rings is 3. The van der Waals surface area contributed by atoms with Crippen molar-refractivity contribution in [1.82, 2.24) is 10.2 Å². The standard InChI is InChI=1S/C37H49N3O5/c1-11-37(9,10)40(34(43)30(38-35(44)45-36(6,7)8)22-27-15-17-29(41)18-16-27)32(28-20-23(2)19-24(3)21-28)33(42)39-31-25(4)13-12-14-26(31)5/h12-21,30,32,41H,11,22H2,1-10H3,(H,38,44)(H,39,42). The van der Waals surface area contributed by atoms with Gasteiger partial charge in [0.2, 0.25) is 5.91 Å². The third kappa shape index (κ3) is 9.33. The van der Waals surface area contributed by atoms with Gasteiger partial charge in [0.05, 0.1) is 0 Å². The van der Waals surface area contributed by atoms with Gasteiger partial charge in [-0.2, -0.15) is 0 Å². The van der Waals surface area contributed by atoms with Gasteiger partial charge in [0.15, 0.2) is 0 Å². The molecule has 45 heavy (non-hydrogen) atoms. The van der Waals surface area contributed by atoms with Crippen LogP contribution in [0.5, 0.6) is 5.75 Å². The summed E-state index contributed by atoms with van der Waals surface area (Å²) < 4.78 is 5.56. The number of hydrogen-bond donors (Lipinski definition) is 3. The van der Waals surface area contributed by atoms with Crippen LogP contribution in [0.4, 0.5) is 10.5 Å². The highest BCUT2D eigenvalue weighted by atomic mass is 16.6. The predicted octanol–water partition coefficient (Wildman–Crippen LogP) is 7.46. The van der Waals surface area contributed by atoms with Crippen molar-refractivity contribution in [3.05, 3.63) is 94.0 Å². The van der Waals surface area contributed by atoms with Crippen molar-refractivity contribution in [3.63, 3.8) is 0 Å². The lowest BCUT2D eigenvalue weighted by Gasteiger charge is -2.45.